The van der Waals surface area contributed by atoms with Crippen molar-refractivity contribution < 1.29 is 4.79 Å². The molecule has 1 amide bonds. The maximum atomic E-state index is 12.2. The summed E-state index contributed by atoms with van der Waals surface area (Å²) in [6.45, 7) is 1.58. The molecule has 0 saturated carbocycles. The van der Waals surface area contributed by atoms with Crippen LogP contribution in [0.2, 0.25) is 0 Å². The normalized spacial score (nSPS) is 13.4. The molecule has 1 aliphatic heterocycles. The molecule has 0 unspecified atom stereocenters. The Balaban J connectivity index is 1.65. The molecule has 112 valence electrons. The number of amides is 1. The Kier molecular flexibility index (Phi) is 4.55. The third-order valence-electron chi connectivity index (χ3n) is 3.74. The SMILES string of the molecule is O=C(NC(=S)N1CCc2ccccc2C1)c1ccc(Br)cc1. The number of hydrogen-bond donors (Lipinski definition) is 1. The summed E-state index contributed by atoms with van der Waals surface area (Å²) in [5.74, 6) is -0.170. The van der Waals surface area contributed by atoms with E-state index in [2.05, 4.69) is 39.4 Å². The molecule has 1 heterocycles. The van der Waals surface area contributed by atoms with Crippen LogP contribution in [0.5, 0.6) is 0 Å². The fraction of sp³-hybridized carbons (Fsp3) is 0.176. The maximum Gasteiger partial charge on any atom is 0.257 e. The van der Waals surface area contributed by atoms with Crippen LogP contribution in [0.25, 0.3) is 0 Å². The van der Waals surface area contributed by atoms with Crippen molar-refractivity contribution in [2.45, 2.75) is 13.0 Å². The van der Waals surface area contributed by atoms with Crippen molar-refractivity contribution in [2.75, 3.05) is 6.54 Å². The number of rotatable bonds is 1. The Morgan fingerprint density at radius 1 is 1.09 bits per heavy atom. The van der Waals surface area contributed by atoms with Crippen LogP contribution in [0, 0.1) is 0 Å². The summed E-state index contributed by atoms with van der Waals surface area (Å²) in [4.78, 5) is 14.3. The van der Waals surface area contributed by atoms with Gasteiger partial charge in [-0.25, -0.2) is 0 Å². The van der Waals surface area contributed by atoms with Crippen LogP contribution in [-0.2, 0) is 13.0 Å². The second-order valence-electron chi connectivity index (χ2n) is 5.21. The highest BCUT2D eigenvalue weighted by Crippen LogP contribution is 2.18. The molecule has 2 aromatic rings. The monoisotopic (exact) mass is 374 g/mol. The van der Waals surface area contributed by atoms with Gasteiger partial charge in [0.2, 0.25) is 0 Å². The number of nitrogens with one attached hydrogen (secondary N) is 1. The van der Waals surface area contributed by atoms with Crippen LogP contribution in [-0.4, -0.2) is 22.5 Å². The van der Waals surface area contributed by atoms with Gasteiger partial charge in [0.05, 0.1) is 0 Å². The summed E-state index contributed by atoms with van der Waals surface area (Å²) in [5, 5.41) is 3.31. The van der Waals surface area contributed by atoms with Crippen molar-refractivity contribution in [2.24, 2.45) is 0 Å². The van der Waals surface area contributed by atoms with Gasteiger partial charge in [0.15, 0.2) is 5.11 Å². The van der Waals surface area contributed by atoms with Gasteiger partial charge >= 0.3 is 0 Å². The first-order chi connectivity index (χ1) is 10.6. The molecule has 3 rings (SSSR count). The van der Waals surface area contributed by atoms with Gasteiger partial charge in [-0.15, -0.1) is 0 Å². The minimum Gasteiger partial charge on any atom is -0.344 e. The minimum atomic E-state index is -0.170. The summed E-state index contributed by atoms with van der Waals surface area (Å²) >= 11 is 8.75. The number of benzene rings is 2. The van der Waals surface area contributed by atoms with Gasteiger partial charge in [-0.1, -0.05) is 40.2 Å². The topological polar surface area (TPSA) is 32.3 Å². The van der Waals surface area contributed by atoms with Crippen molar-refractivity contribution in [3.8, 4) is 0 Å². The zero-order chi connectivity index (χ0) is 15.5. The van der Waals surface area contributed by atoms with Gasteiger partial charge < -0.3 is 4.90 Å². The molecule has 1 N–H and O–H groups in total. The van der Waals surface area contributed by atoms with E-state index in [9.17, 15) is 4.79 Å². The van der Waals surface area contributed by atoms with Gasteiger partial charge in [-0.3, -0.25) is 10.1 Å². The predicted octanol–water partition coefficient (Wildman–Crippen LogP) is 3.52. The summed E-state index contributed by atoms with van der Waals surface area (Å²) in [7, 11) is 0. The third kappa shape index (κ3) is 3.36. The number of nitrogens with zero attached hydrogens (tertiary/aromatic N) is 1. The van der Waals surface area contributed by atoms with Gasteiger partial charge in [-0.05, 0) is 54.0 Å². The Hall–Kier alpha value is -1.72. The lowest BCUT2D eigenvalue weighted by Crippen LogP contribution is -2.44. The van der Waals surface area contributed by atoms with E-state index < -0.39 is 0 Å². The molecule has 2 aromatic carbocycles. The molecule has 0 radical (unpaired) electrons. The first-order valence-electron chi connectivity index (χ1n) is 7.06. The number of carbonyl (C=O) groups is 1. The van der Waals surface area contributed by atoms with Crippen molar-refractivity contribution in [3.05, 3.63) is 69.7 Å². The number of fused-ring (bicyclic) bond motifs is 1. The van der Waals surface area contributed by atoms with Crippen LogP contribution in [0.3, 0.4) is 0 Å². The summed E-state index contributed by atoms with van der Waals surface area (Å²) < 4.78 is 0.944. The lowest BCUT2D eigenvalue weighted by molar-refractivity contribution is 0.0972. The molecule has 22 heavy (non-hydrogen) atoms. The quantitative estimate of drug-likeness (QED) is 0.775. The minimum absolute atomic E-state index is 0.170. The molecule has 0 saturated heterocycles. The average molecular weight is 375 g/mol. The molecule has 5 heteroatoms. The van der Waals surface area contributed by atoms with Crippen LogP contribution in [0.4, 0.5) is 0 Å². The Labute approximate surface area is 143 Å². The molecule has 1 aliphatic rings. The molecule has 3 nitrogen and oxygen atoms in total. The summed E-state index contributed by atoms with van der Waals surface area (Å²) in [6.07, 6.45) is 0.949. The Morgan fingerprint density at radius 2 is 1.77 bits per heavy atom. The molecule has 0 spiro atoms. The third-order valence-corrected chi connectivity index (χ3v) is 4.63. The van der Waals surface area contributed by atoms with E-state index in [0.29, 0.717) is 10.7 Å². The van der Waals surface area contributed by atoms with Crippen LogP contribution in [0.15, 0.2) is 53.0 Å². The van der Waals surface area contributed by atoms with Crippen molar-refractivity contribution in [1.82, 2.24) is 10.2 Å². The first kappa shape index (κ1) is 15.2. The van der Waals surface area contributed by atoms with Gasteiger partial charge in [0.1, 0.15) is 0 Å². The van der Waals surface area contributed by atoms with Crippen molar-refractivity contribution >= 4 is 39.2 Å². The van der Waals surface area contributed by atoms with Crippen LogP contribution in [0.1, 0.15) is 21.5 Å². The molecule has 0 aromatic heterocycles. The lowest BCUT2D eigenvalue weighted by Gasteiger charge is -2.30. The number of thiocarbonyl (C=S) groups is 1. The van der Waals surface area contributed by atoms with E-state index in [4.69, 9.17) is 12.2 Å². The fourth-order valence-electron chi connectivity index (χ4n) is 2.52. The number of halogens is 1. The van der Waals surface area contributed by atoms with Gasteiger partial charge in [-0.2, -0.15) is 0 Å². The molecule has 0 fully saturated rings. The molecular weight excluding hydrogens is 360 g/mol. The van der Waals surface area contributed by atoms with Gasteiger partial charge in [0.25, 0.3) is 5.91 Å². The highest BCUT2D eigenvalue weighted by atomic mass is 79.9. The largest absolute Gasteiger partial charge is 0.344 e. The number of carbonyl (C=O) groups excluding carboxylic acids is 1. The second-order valence-corrected chi connectivity index (χ2v) is 6.51. The summed E-state index contributed by atoms with van der Waals surface area (Å²) in [6, 6.07) is 15.6. The zero-order valence-corrected chi connectivity index (χ0v) is 14.3. The van der Waals surface area contributed by atoms with Crippen LogP contribution < -0.4 is 5.32 Å². The maximum absolute atomic E-state index is 12.2. The molecule has 0 atom stereocenters. The Morgan fingerprint density at radius 3 is 2.50 bits per heavy atom. The van der Waals surface area contributed by atoms with E-state index in [-0.39, 0.29) is 5.91 Å². The number of hydrogen-bond acceptors (Lipinski definition) is 2. The molecule has 0 bridgehead atoms. The van der Waals surface area contributed by atoms with Gasteiger partial charge in [0, 0.05) is 23.1 Å². The smallest absolute Gasteiger partial charge is 0.257 e. The van der Waals surface area contributed by atoms with E-state index in [0.717, 1.165) is 24.0 Å². The highest BCUT2D eigenvalue weighted by molar-refractivity contribution is 9.10. The highest BCUT2D eigenvalue weighted by Gasteiger charge is 2.19. The van der Waals surface area contributed by atoms with E-state index >= 15 is 0 Å². The van der Waals surface area contributed by atoms with E-state index in [1.165, 1.54) is 11.1 Å². The van der Waals surface area contributed by atoms with E-state index in [1.807, 2.05) is 23.1 Å². The predicted molar refractivity (Wildman–Crippen MR) is 94.8 cm³/mol. The first-order valence-corrected chi connectivity index (χ1v) is 8.26. The average Bonchev–Trinajstić information content (AvgIpc) is 2.55. The Bertz CT molecular complexity index is 715. The van der Waals surface area contributed by atoms with Crippen molar-refractivity contribution in [3.63, 3.8) is 0 Å². The zero-order valence-electron chi connectivity index (χ0n) is 11.9. The molecule has 0 aliphatic carbocycles. The fourth-order valence-corrected chi connectivity index (χ4v) is 3.03. The van der Waals surface area contributed by atoms with Crippen molar-refractivity contribution in [1.29, 1.82) is 0 Å². The lowest BCUT2D eigenvalue weighted by atomic mass is 10.0. The standard InChI is InChI=1S/C17H15BrN2OS/c18-15-7-5-13(6-8-15)16(21)19-17(22)20-10-9-12-3-1-2-4-14(12)11-20/h1-8H,9-11H2,(H,19,21,22). The summed E-state index contributed by atoms with van der Waals surface area (Å²) in [5.41, 5.74) is 3.23. The van der Waals surface area contributed by atoms with E-state index in [1.54, 1.807) is 12.1 Å². The second kappa shape index (κ2) is 6.58. The van der Waals surface area contributed by atoms with Crippen LogP contribution >= 0.6 is 28.1 Å². The molecular formula is C17H15BrN2OS.